The van der Waals surface area contributed by atoms with Gasteiger partial charge in [0.1, 0.15) is 0 Å². The molecular formula is C29H24BrO3P. The Balaban J connectivity index is 1.88. The van der Waals surface area contributed by atoms with Crippen molar-refractivity contribution in [2.45, 2.75) is 6.16 Å². The summed E-state index contributed by atoms with van der Waals surface area (Å²) in [5.41, 5.74) is 1.08. The van der Waals surface area contributed by atoms with Crippen LogP contribution in [-0.2, 0) is 6.16 Å². The van der Waals surface area contributed by atoms with Crippen LogP contribution in [0.4, 0.5) is 0 Å². The van der Waals surface area contributed by atoms with E-state index in [1.165, 1.54) is 15.9 Å². The van der Waals surface area contributed by atoms with Crippen LogP contribution in [0.3, 0.4) is 0 Å². The van der Waals surface area contributed by atoms with Gasteiger partial charge in [-0.1, -0.05) is 0 Å². The van der Waals surface area contributed by atoms with Crippen LogP contribution in [0, 0.1) is 0 Å². The van der Waals surface area contributed by atoms with Crippen molar-refractivity contribution in [3.63, 3.8) is 0 Å². The van der Waals surface area contributed by atoms with E-state index in [1.54, 1.807) is 19.2 Å². The van der Waals surface area contributed by atoms with Crippen molar-refractivity contribution in [2.24, 2.45) is 0 Å². The molecule has 0 N–H and O–H groups in total. The Labute approximate surface area is 206 Å². The van der Waals surface area contributed by atoms with Crippen LogP contribution in [-0.4, -0.2) is 7.11 Å². The zero-order valence-electron chi connectivity index (χ0n) is 18.7. The van der Waals surface area contributed by atoms with E-state index < -0.39 is 5.31 Å². The fraction of sp³-hybridized carbons (Fsp3) is 0.0690. The van der Waals surface area contributed by atoms with Crippen LogP contribution in [0.5, 0.6) is 5.75 Å². The van der Waals surface area contributed by atoms with Gasteiger partial charge < -0.3 is 0 Å². The van der Waals surface area contributed by atoms with E-state index in [1.807, 2.05) is 30.3 Å². The van der Waals surface area contributed by atoms with Crippen molar-refractivity contribution in [2.75, 3.05) is 7.11 Å². The predicted molar refractivity (Wildman–Crippen MR) is 147 cm³/mol. The summed E-state index contributed by atoms with van der Waals surface area (Å²) in [5, 5.41) is 1.24. The fourth-order valence-corrected chi connectivity index (χ4v) is 12.4. The maximum absolute atomic E-state index is 12.7. The molecule has 0 aliphatic heterocycles. The van der Waals surface area contributed by atoms with Gasteiger partial charge in [-0.2, -0.15) is 0 Å². The average molecular weight is 531 g/mol. The second-order valence-electron chi connectivity index (χ2n) is 8.30. The molecule has 0 radical (unpaired) electrons. The molecule has 1 heterocycles. The van der Waals surface area contributed by atoms with Crippen molar-refractivity contribution < 1.29 is 9.15 Å². The van der Waals surface area contributed by atoms with Gasteiger partial charge in [-0.15, -0.1) is 0 Å². The standard InChI is InChI=1S/C29H24BrO3P/c1-32-23-17-18-27-22(19-29(31)33-28(27)20-23)21-34(30,24-11-5-2-6-12-24,25-13-7-3-8-14-25)26-15-9-4-10-16-26/h2-20H,21H2,1H3. The zero-order chi connectivity index (χ0) is 23.6. The van der Waals surface area contributed by atoms with Crippen molar-refractivity contribution in [1.82, 2.24) is 0 Å². The zero-order valence-corrected chi connectivity index (χ0v) is 21.2. The molecule has 0 fully saturated rings. The maximum atomic E-state index is 12.7. The molecule has 0 unspecified atom stereocenters. The predicted octanol–water partition coefficient (Wildman–Crippen LogP) is 6.14. The molecule has 5 heteroatoms. The molecule has 0 spiro atoms. The van der Waals surface area contributed by atoms with Crippen molar-refractivity contribution >= 4 is 47.7 Å². The SMILES string of the molecule is COc1ccc2c(CP(Br)(c3ccccc3)(c3ccccc3)c3ccccc3)cc(=O)oc2c1. The Bertz CT molecular complexity index is 1400. The number of halogens is 1. The Morgan fingerprint density at radius 3 is 1.71 bits per heavy atom. The van der Waals surface area contributed by atoms with E-state index >= 15 is 0 Å². The summed E-state index contributed by atoms with van der Waals surface area (Å²) in [6.45, 7) is 0. The molecule has 0 saturated heterocycles. The number of rotatable bonds is 6. The summed E-state index contributed by atoms with van der Waals surface area (Å²) < 4.78 is 10.9. The van der Waals surface area contributed by atoms with Crippen LogP contribution >= 0.6 is 20.8 Å². The molecule has 0 saturated carbocycles. The Morgan fingerprint density at radius 2 is 1.24 bits per heavy atom. The molecule has 0 bridgehead atoms. The summed E-state index contributed by atoms with van der Waals surface area (Å²) in [6.07, 6.45) is 0.609. The summed E-state index contributed by atoms with van der Waals surface area (Å²) in [6, 6.07) is 38.9. The summed E-state index contributed by atoms with van der Waals surface area (Å²) in [4.78, 5) is 12.7. The number of hydrogen-bond acceptors (Lipinski definition) is 3. The first kappa shape index (κ1) is 22.6. The van der Waals surface area contributed by atoms with E-state index in [4.69, 9.17) is 9.15 Å². The Kier molecular flexibility index (Phi) is 5.89. The first-order valence-corrected chi connectivity index (χ1v) is 15.5. The second kappa shape index (κ2) is 8.87. The molecule has 0 atom stereocenters. The quantitative estimate of drug-likeness (QED) is 0.195. The van der Waals surface area contributed by atoms with Gasteiger partial charge >= 0.3 is 207 Å². The van der Waals surface area contributed by atoms with E-state index in [-0.39, 0.29) is 5.63 Å². The minimum absolute atomic E-state index is 0.373. The van der Waals surface area contributed by atoms with Crippen molar-refractivity contribution in [3.05, 3.63) is 131 Å². The topological polar surface area (TPSA) is 39.4 Å². The molecule has 3 nitrogen and oxygen atoms in total. The van der Waals surface area contributed by atoms with Crippen LogP contribution in [0.2, 0.25) is 0 Å². The monoisotopic (exact) mass is 530 g/mol. The van der Waals surface area contributed by atoms with Gasteiger partial charge in [0, 0.05) is 0 Å². The van der Waals surface area contributed by atoms with Gasteiger partial charge in [-0.3, -0.25) is 0 Å². The molecular weight excluding hydrogens is 507 g/mol. The number of fused-ring (bicyclic) bond motifs is 1. The van der Waals surface area contributed by atoms with Crippen LogP contribution in [0.15, 0.2) is 124 Å². The Morgan fingerprint density at radius 1 is 0.735 bits per heavy atom. The number of benzene rings is 4. The number of hydrogen-bond donors (Lipinski definition) is 0. The number of ether oxygens (including phenoxy) is 1. The van der Waals surface area contributed by atoms with Gasteiger partial charge in [-0.25, -0.2) is 0 Å². The van der Waals surface area contributed by atoms with Gasteiger partial charge in [-0.05, 0) is 0 Å². The van der Waals surface area contributed by atoms with E-state index in [0.717, 1.165) is 10.9 Å². The third-order valence-corrected chi connectivity index (χ3v) is 15.9. The molecule has 0 aliphatic carbocycles. The van der Waals surface area contributed by atoms with Gasteiger partial charge in [0.25, 0.3) is 0 Å². The first-order chi connectivity index (χ1) is 16.5. The van der Waals surface area contributed by atoms with E-state index in [2.05, 4.69) is 88.3 Å². The fourth-order valence-electron chi connectivity index (χ4n) is 4.73. The second-order valence-corrected chi connectivity index (χ2v) is 17.2. The van der Waals surface area contributed by atoms with Crippen LogP contribution in [0.25, 0.3) is 11.0 Å². The third kappa shape index (κ3) is 3.68. The van der Waals surface area contributed by atoms with Gasteiger partial charge in [0.2, 0.25) is 0 Å². The molecule has 170 valence electrons. The molecule has 5 rings (SSSR count). The molecule has 34 heavy (non-hydrogen) atoms. The van der Waals surface area contributed by atoms with Gasteiger partial charge in [0.15, 0.2) is 0 Å². The molecule has 4 aromatic carbocycles. The van der Waals surface area contributed by atoms with Gasteiger partial charge in [0.05, 0.1) is 0 Å². The number of methoxy groups -OCH3 is 1. The van der Waals surface area contributed by atoms with E-state index in [9.17, 15) is 4.79 Å². The molecule has 0 aliphatic rings. The minimum atomic E-state index is -3.25. The normalized spacial score (nSPS) is 12.7. The molecule has 5 aromatic rings. The van der Waals surface area contributed by atoms with E-state index in [0.29, 0.717) is 17.5 Å². The summed E-state index contributed by atoms with van der Waals surface area (Å²) >= 11 is 4.47. The average Bonchev–Trinajstić information content (AvgIpc) is 2.89. The van der Waals surface area contributed by atoms with Crippen molar-refractivity contribution in [1.29, 1.82) is 0 Å². The van der Waals surface area contributed by atoms with Crippen LogP contribution in [0.1, 0.15) is 5.56 Å². The molecule has 0 amide bonds. The van der Waals surface area contributed by atoms with Crippen molar-refractivity contribution in [3.8, 4) is 5.75 Å². The van der Waals surface area contributed by atoms with Crippen LogP contribution < -0.4 is 26.3 Å². The first-order valence-electron chi connectivity index (χ1n) is 11.0. The summed E-state index contributed by atoms with van der Waals surface area (Å²) in [7, 11) is 1.61. The third-order valence-electron chi connectivity index (χ3n) is 6.39. The summed E-state index contributed by atoms with van der Waals surface area (Å²) in [5.74, 6) is 0.651. The molecule has 1 aromatic heterocycles. The Hall–Kier alpha value is -3.20.